The normalized spacial score (nSPS) is 28.5. The van der Waals surface area contributed by atoms with Crippen LogP contribution in [0.2, 0.25) is 0 Å². The molecule has 0 radical (unpaired) electrons. The van der Waals surface area contributed by atoms with Crippen LogP contribution in [-0.2, 0) is 11.2 Å². The quantitative estimate of drug-likeness (QED) is 0.699. The van der Waals surface area contributed by atoms with E-state index in [-0.39, 0.29) is 6.61 Å². The maximum Gasteiger partial charge on any atom is 0.165 e. The zero-order chi connectivity index (χ0) is 15.7. The van der Waals surface area contributed by atoms with Crippen LogP contribution in [0.1, 0.15) is 31.7 Å². The average Bonchev–Trinajstić information content (AvgIpc) is 3.08. The van der Waals surface area contributed by atoms with Crippen molar-refractivity contribution in [2.75, 3.05) is 6.61 Å². The largest absolute Gasteiger partial charge is 0.394 e. The fourth-order valence-electron chi connectivity index (χ4n) is 2.72. The lowest BCUT2D eigenvalue weighted by Crippen LogP contribution is -2.33. The number of fused-ring (bicyclic) bond motifs is 1. The maximum atomic E-state index is 10.1. The number of aliphatic hydroxyl groups is 3. The first-order valence-corrected chi connectivity index (χ1v) is 7.46. The van der Waals surface area contributed by atoms with E-state index in [0.29, 0.717) is 11.2 Å². The van der Waals surface area contributed by atoms with Gasteiger partial charge in [-0.15, -0.1) is 0 Å². The summed E-state index contributed by atoms with van der Waals surface area (Å²) < 4.78 is 7.10. The predicted molar refractivity (Wildman–Crippen MR) is 76.9 cm³/mol. The molecule has 1 aliphatic rings. The lowest BCUT2D eigenvalue weighted by Gasteiger charge is -2.16. The molecule has 0 bridgehead atoms. The molecule has 2 aromatic heterocycles. The summed E-state index contributed by atoms with van der Waals surface area (Å²) >= 11 is 0. The van der Waals surface area contributed by atoms with Gasteiger partial charge in [0, 0.05) is 0 Å². The molecule has 1 aliphatic heterocycles. The highest BCUT2D eigenvalue weighted by molar-refractivity contribution is 5.73. The second-order valence-electron chi connectivity index (χ2n) is 5.48. The molecule has 1 saturated heterocycles. The molecule has 0 aliphatic carbocycles. The zero-order valence-corrected chi connectivity index (χ0v) is 12.3. The number of hydrogen-bond acceptors (Lipinski definition) is 7. The predicted octanol–water partition coefficient (Wildman–Crippen LogP) is -0.220. The minimum atomic E-state index is -1.15. The second-order valence-corrected chi connectivity index (χ2v) is 5.48. The van der Waals surface area contributed by atoms with Crippen molar-refractivity contribution < 1.29 is 20.1 Å². The minimum absolute atomic E-state index is 0.363. The summed E-state index contributed by atoms with van der Waals surface area (Å²) in [5.41, 5.74) is 2.09. The first-order valence-electron chi connectivity index (χ1n) is 7.46. The van der Waals surface area contributed by atoms with Gasteiger partial charge in [0.05, 0.1) is 18.6 Å². The van der Waals surface area contributed by atoms with Gasteiger partial charge >= 0.3 is 0 Å². The summed E-state index contributed by atoms with van der Waals surface area (Å²) in [6.45, 7) is 1.74. The van der Waals surface area contributed by atoms with Crippen molar-refractivity contribution in [1.82, 2.24) is 19.5 Å². The highest BCUT2D eigenvalue weighted by Gasteiger charge is 2.43. The summed E-state index contributed by atoms with van der Waals surface area (Å²) in [6.07, 6.45) is 1.92. The molecule has 0 spiro atoms. The van der Waals surface area contributed by atoms with E-state index in [1.54, 1.807) is 4.57 Å². The van der Waals surface area contributed by atoms with Crippen molar-refractivity contribution in [3.8, 4) is 0 Å². The van der Waals surface area contributed by atoms with E-state index in [0.717, 1.165) is 25.0 Å². The number of aryl methyl sites for hydroxylation is 1. The summed E-state index contributed by atoms with van der Waals surface area (Å²) in [5, 5.41) is 29.2. The van der Waals surface area contributed by atoms with Crippen molar-refractivity contribution in [2.45, 2.75) is 50.7 Å². The Hall–Kier alpha value is -1.61. The van der Waals surface area contributed by atoms with Gasteiger partial charge in [-0.05, 0) is 12.8 Å². The molecule has 0 saturated carbocycles. The maximum absolute atomic E-state index is 10.1. The number of unbranched alkanes of at least 4 members (excludes halogenated alkanes) is 1. The number of hydrogen-bond donors (Lipinski definition) is 3. The van der Waals surface area contributed by atoms with E-state index >= 15 is 0 Å². The Morgan fingerprint density at radius 3 is 2.73 bits per heavy atom. The second kappa shape index (κ2) is 6.25. The van der Waals surface area contributed by atoms with Gasteiger partial charge in [0.1, 0.15) is 30.2 Å². The number of aromatic nitrogens is 4. The lowest BCUT2D eigenvalue weighted by atomic mass is 10.1. The van der Waals surface area contributed by atoms with E-state index in [9.17, 15) is 15.3 Å². The fourth-order valence-corrected chi connectivity index (χ4v) is 2.72. The lowest BCUT2D eigenvalue weighted by molar-refractivity contribution is -0.0511. The van der Waals surface area contributed by atoms with Gasteiger partial charge in [0.2, 0.25) is 0 Å². The molecule has 3 N–H and O–H groups in total. The Bertz CT molecular complexity index is 647. The van der Waals surface area contributed by atoms with Crippen LogP contribution in [0.25, 0.3) is 11.2 Å². The SMILES string of the molecule is CCCCc1ncnc2c1ncn2[C@@H]1O[C@H](CO)[C@@H](O)[C@H]1O. The van der Waals surface area contributed by atoms with Crippen LogP contribution in [0.4, 0.5) is 0 Å². The van der Waals surface area contributed by atoms with Crippen LogP contribution in [-0.4, -0.2) is 59.8 Å². The Morgan fingerprint density at radius 1 is 1.23 bits per heavy atom. The molecule has 0 unspecified atom stereocenters. The molecule has 0 aromatic carbocycles. The van der Waals surface area contributed by atoms with Crippen molar-refractivity contribution >= 4 is 11.2 Å². The van der Waals surface area contributed by atoms with Gasteiger partial charge < -0.3 is 20.1 Å². The molecule has 8 nitrogen and oxygen atoms in total. The van der Waals surface area contributed by atoms with Crippen LogP contribution in [0, 0.1) is 0 Å². The Kier molecular flexibility index (Phi) is 4.34. The minimum Gasteiger partial charge on any atom is -0.394 e. The first kappa shape index (κ1) is 15.3. The summed E-state index contributed by atoms with van der Waals surface area (Å²) in [6, 6.07) is 0. The average molecular weight is 308 g/mol. The first-order chi connectivity index (χ1) is 10.7. The van der Waals surface area contributed by atoms with Gasteiger partial charge in [0.15, 0.2) is 11.9 Å². The third-order valence-corrected chi connectivity index (χ3v) is 3.99. The van der Waals surface area contributed by atoms with Crippen molar-refractivity contribution in [2.24, 2.45) is 0 Å². The third kappa shape index (κ3) is 2.48. The highest BCUT2D eigenvalue weighted by Crippen LogP contribution is 2.31. The smallest absolute Gasteiger partial charge is 0.165 e. The molecule has 4 atom stereocenters. The van der Waals surface area contributed by atoms with E-state index in [1.165, 1.54) is 12.7 Å². The Balaban J connectivity index is 1.95. The Morgan fingerprint density at radius 2 is 2.05 bits per heavy atom. The van der Waals surface area contributed by atoms with Crippen LogP contribution in [0.5, 0.6) is 0 Å². The summed E-state index contributed by atoms with van der Waals surface area (Å²) in [7, 11) is 0. The highest BCUT2D eigenvalue weighted by atomic mass is 16.6. The topological polar surface area (TPSA) is 114 Å². The monoisotopic (exact) mass is 308 g/mol. The van der Waals surface area contributed by atoms with Crippen LogP contribution >= 0.6 is 0 Å². The number of ether oxygens (including phenoxy) is 1. The zero-order valence-electron chi connectivity index (χ0n) is 12.3. The number of nitrogens with zero attached hydrogens (tertiary/aromatic N) is 4. The summed E-state index contributed by atoms with van der Waals surface area (Å²) in [4.78, 5) is 12.8. The van der Waals surface area contributed by atoms with Crippen LogP contribution < -0.4 is 0 Å². The standard InChI is InChI=1S/C14H20N4O4/c1-2-3-4-8-10-13(16-6-15-8)18(7-17-10)14-12(21)11(20)9(5-19)22-14/h6-7,9,11-12,14,19-21H,2-5H2,1H3/t9-,11-,12-,14-/m1/s1. The van der Waals surface area contributed by atoms with Crippen molar-refractivity contribution in [3.63, 3.8) is 0 Å². The van der Waals surface area contributed by atoms with E-state index < -0.39 is 24.5 Å². The number of rotatable bonds is 5. The molecule has 1 fully saturated rings. The van der Waals surface area contributed by atoms with Gasteiger partial charge in [-0.2, -0.15) is 0 Å². The molecule has 22 heavy (non-hydrogen) atoms. The molecule has 0 amide bonds. The van der Waals surface area contributed by atoms with Gasteiger partial charge in [-0.3, -0.25) is 4.57 Å². The van der Waals surface area contributed by atoms with E-state index in [4.69, 9.17) is 4.74 Å². The molecule has 120 valence electrons. The third-order valence-electron chi connectivity index (χ3n) is 3.99. The number of aliphatic hydroxyl groups excluding tert-OH is 3. The molecule has 8 heteroatoms. The van der Waals surface area contributed by atoms with Crippen molar-refractivity contribution in [3.05, 3.63) is 18.3 Å². The number of imidazole rings is 1. The van der Waals surface area contributed by atoms with Crippen molar-refractivity contribution in [1.29, 1.82) is 0 Å². The fraction of sp³-hybridized carbons (Fsp3) is 0.643. The van der Waals surface area contributed by atoms with Crippen LogP contribution in [0.3, 0.4) is 0 Å². The van der Waals surface area contributed by atoms with E-state index in [1.807, 2.05) is 0 Å². The van der Waals surface area contributed by atoms with Gasteiger partial charge in [-0.25, -0.2) is 15.0 Å². The molecular weight excluding hydrogens is 288 g/mol. The molecule has 3 heterocycles. The van der Waals surface area contributed by atoms with Crippen LogP contribution in [0.15, 0.2) is 12.7 Å². The van der Waals surface area contributed by atoms with Gasteiger partial charge in [0.25, 0.3) is 0 Å². The molecule has 3 rings (SSSR count). The summed E-state index contributed by atoms with van der Waals surface area (Å²) in [5.74, 6) is 0. The van der Waals surface area contributed by atoms with E-state index in [2.05, 4.69) is 21.9 Å². The molecular formula is C14H20N4O4. The molecule has 2 aromatic rings. The Labute approximate surface area is 127 Å². The van der Waals surface area contributed by atoms with Gasteiger partial charge in [-0.1, -0.05) is 13.3 Å².